The van der Waals surface area contributed by atoms with E-state index in [0.717, 1.165) is 5.69 Å². The average Bonchev–Trinajstić information content (AvgIpc) is 2.10. The SMILES string of the molecule is COCN(C)c1ccc(Cl)c(Cl)c1. The van der Waals surface area contributed by atoms with E-state index in [9.17, 15) is 0 Å². The topological polar surface area (TPSA) is 12.5 Å². The summed E-state index contributed by atoms with van der Waals surface area (Å²) in [5, 5.41) is 1.12. The molecule has 0 radical (unpaired) electrons. The molecule has 0 heterocycles. The average molecular weight is 220 g/mol. The molecule has 0 amide bonds. The Morgan fingerprint density at radius 2 is 2.00 bits per heavy atom. The first-order valence-electron chi connectivity index (χ1n) is 3.80. The molecule has 2 nitrogen and oxygen atoms in total. The molecule has 0 spiro atoms. The van der Waals surface area contributed by atoms with Crippen LogP contribution in [-0.2, 0) is 4.74 Å². The number of ether oxygens (including phenoxy) is 1. The van der Waals surface area contributed by atoms with Crippen molar-refractivity contribution in [2.24, 2.45) is 0 Å². The predicted octanol–water partition coefficient (Wildman–Crippen LogP) is 3.03. The fourth-order valence-electron chi connectivity index (χ4n) is 0.991. The number of nitrogens with zero attached hydrogens (tertiary/aromatic N) is 1. The van der Waals surface area contributed by atoms with Gasteiger partial charge in [-0.3, -0.25) is 0 Å². The Morgan fingerprint density at radius 3 is 2.54 bits per heavy atom. The number of anilines is 1. The molecule has 0 saturated heterocycles. The lowest BCUT2D eigenvalue weighted by molar-refractivity contribution is 0.202. The van der Waals surface area contributed by atoms with Gasteiger partial charge in [-0.05, 0) is 18.2 Å². The Morgan fingerprint density at radius 1 is 1.31 bits per heavy atom. The predicted molar refractivity (Wildman–Crippen MR) is 56.7 cm³/mol. The molecule has 1 rings (SSSR count). The summed E-state index contributed by atoms with van der Waals surface area (Å²) in [5.41, 5.74) is 0.983. The molecular formula is C9H11Cl2NO. The number of benzene rings is 1. The van der Waals surface area contributed by atoms with Crippen molar-refractivity contribution in [2.45, 2.75) is 0 Å². The van der Waals surface area contributed by atoms with Crippen LogP contribution in [0.3, 0.4) is 0 Å². The normalized spacial score (nSPS) is 10.2. The van der Waals surface area contributed by atoms with E-state index in [4.69, 9.17) is 27.9 Å². The third kappa shape index (κ3) is 2.76. The smallest absolute Gasteiger partial charge is 0.118 e. The van der Waals surface area contributed by atoms with Crippen molar-refractivity contribution in [3.8, 4) is 0 Å². The molecular weight excluding hydrogens is 209 g/mol. The van der Waals surface area contributed by atoms with Crippen LogP contribution < -0.4 is 4.90 Å². The number of hydrogen-bond acceptors (Lipinski definition) is 2. The number of hydrogen-bond donors (Lipinski definition) is 0. The molecule has 0 bridgehead atoms. The van der Waals surface area contributed by atoms with Crippen LogP contribution in [0.5, 0.6) is 0 Å². The van der Waals surface area contributed by atoms with Crippen LogP contribution in [0, 0.1) is 0 Å². The van der Waals surface area contributed by atoms with Crippen LogP contribution in [0.4, 0.5) is 5.69 Å². The zero-order valence-corrected chi connectivity index (χ0v) is 9.06. The van der Waals surface area contributed by atoms with Crippen molar-refractivity contribution in [1.82, 2.24) is 0 Å². The molecule has 0 aliphatic rings. The van der Waals surface area contributed by atoms with Gasteiger partial charge in [0, 0.05) is 19.8 Å². The summed E-state index contributed by atoms with van der Waals surface area (Å²) >= 11 is 11.6. The maximum atomic E-state index is 5.86. The third-order valence-corrected chi connectivity index (χ3v) is 2.41. The molecule has 1 aromatic carbocycles. The van der Waals surface area contributed by atoms with Gasteiger partial charge in [-0.2, -0.15) is 0 Å². The molecule has 72 valence electrons. The lowest BCUT2D eigenvalue weighted by Crippen LogP contribution is -2.19. The van der Waals surface area contributed by atoms with Crippen LogP contribution >= 0.6 is 23.2 Å². The van der Waals surface area contributed by atoms with E-state index in [1.165, 1.54) is 0 Å². The molecule has 0 fully saturated rings. The molecule has 0 unspecified atom stereocenters. The van der Waals surface area contributed by atoms with E-state index in [-0.39, 0.29) is 0 Å². The van der Waals surface area contributed by atoms with E-state index in [2.05, 4.69) is 0 Å². The van der Waals surface area contributed by atoms with Crippen molar-refractivity contribution >= 4 is 28.9 Å². The Kier molecular flexibility index (Phi) is 3.85. The fraction of sp³-hybridized carbons (Fsp3) is 0.333. The van der Waals surface area contributed by atoms with E-state index >= 15 is 0 Å². The standard InChI is InChI=1S/C9H11Cl2NO/c1-12(6-13-2)7-3-4-8(10)9(11)5-7/h3-5H,6H2,1-2H3. The maximum Gasteiger partial charge on any atom is 0.118 e. The largest absolute Gasteiger partial charge is 0.364 e. The Hall–Kier alpha value is -0.440. The van der Waals surface area contributed by atoms with Gasteiger partial charge >= 0.3 is 0 Å². The summed E-state index contributed by atoms with van der Waals surface area (Å²) in [4.78, 5) is 1.93. The van der Waals surface area contributed by atoms with Gasteiger partial charge in [0.1, 0.15) is 6.73 Å². The second-order valence-corrected chi connectivity index (χ2v) is 3.53. The van der Waals surface area contributed by atoms with E-state index in [1.54, 1.807) is 13.2 Å². The first-order chi connectivity index (χ1) is 6.15. The first kappa shape index (κ1) is 10.6. The highest BCUT2D eigenvalue weighted by molar-refractivity contribution is 6.42. The van der Waals surface area contributed by atoms with Crippen molar-refractivity contribution in [3.05, 3.63) is 28.2 Å². The van der Waals surface area contributed by atoms with Gasteiger partial charge in [0.05, 0.1) is 10.0 Å². The maximum absolute atomic E-state index is 5.86. The van der Waals surface area contributed by atoms with Gasteiger partial charge in [0.2, 0.25) is 0 Å². The van der Waals surface area contributed by atoms with Crippen LogP contribution in [0.2, 0.25) is 10.0 Å². The summed E-state index contributed by atoms with van der Waals surface area (Å²) in [6.45, 7) is 0.526. The summed E-state index contributed by atoms with van der Waals surface area (Å²) in [6.07, 6.45) is 0. The minimum Gasteiger partial charge on any atom is -0.364 e. The second-order valence-electron chi connectivity index (χ2n) is 2.71. The van der Waals surface area contributed by atoms with Crippen molar-refractivity contribution in [1.29, 1.82) is 0 Å². The van der Waals surface area contributed by atoms with Crippen LogP contribution in [-0.4, -0.2) is 20.9 Å². The highest BCUT2D eigenvalue weighted by Crippen LogP contribution is 2.26. The van der Waals surface area contributed by atoms with Gasteiger partial charge in [-0.1, -0.05) is 23.2 Å². The number of methoxy groups -OCH3 is 1. The van der Waals surface area contributed by atoms with Gasteiger partial charge in [0.25, 0.3) is 0 Å². The van der Waals surface area contributed by atoms with Gasteiger partial charge in [-0.25, -0.2) is 0 Å². The van der Waals surface area contributed by atoms with Gasteiger partial charge in [-0.15, -0.1) is 0 Å². The molecule has 0 aliphatic carbocycles. The minimum absolute atomic E-state index is 0.526. The summed E-state index contributed by atoms with van der Waals surface area (Å²) in [5.74, 6) is 0. The lowest BCUT2D eigenvalue weighted by Gasteiger charge is -2.18. The molecule has 1 aromatic rings. The van der Waals surface area contributed by atoms with E-state index in [1.807, 2.05) is 24.1 Å². The zero-order chi connectivity index (χ0) is 9.84. The molecule has 0 aromatic heterocycles. The van der Waals surface area contributed by atoms with Crippen molar-refractivity contribution in [2.75, 3.05) is 25.8 Å². The van der Waals surface area contributed by atoms with Crippen molar-refractivity contribution < 1.29 is 4.74 Å². The lowest BCUT2D eigenvalue weighted by atomic mass is 10.3. The minimum atomic E-state index is 0.526. The quantitative estimate of drug-likeness (QED) is 0.726. The molecule has 0 atom stereocenters. The highest BCUT2D eigenvalue weighted by Gasteiger charge is 2.02. The zero-order valence-electron chi connectivity index (χ0n) is 7.55. The van der Waals surface area contributed by atoms with E-state index in [0.29, 0.717) is 16.8 Å². The first-order valence-corrected chi connectivity index (χ1v) is 4.56. The Labute approximate surface area is 88.0 Å². The highest BCUT2D eigenvalue weighted by atomic mass is 35.5. The molecule has 0 saturated carbocycles. The number of halogens is 2. The van der Waals surface area contributed by atoms with Crippen LogP contribution in [0.15, 0.2) is 18.2 Å². The van der Waals surface area contributed by atoms with Crippen LogP contribution in [0.25, 0.3) is 0 Å². The third-order valence-electron chi connectivity index (χ3n) is 1.67. The Balaban J connectivity index is 2.84. The van der Waals surface area contributed by atoms with Crippen LogP contribution in [0.1, 0.15) is 0 Å². The monoisotopic (exact) mass is 219 g/mol. The summed E-state index contributed by atoms with van der Waals surface area (Å²) in [6, 6.07) is 5.47. The molecule has 0 aliphatic heterocycles. The molecule has 0 N–H and O–H groups in total. The van der Waals surface area contributed by atoms with E-state index < -0.39 is 0 Å². The second kappa shape index (κ2) is 4.70. The van der Waals surface area contributed by atoms with Gasteiger partial charge < -0.3 is 9.64 Å². The molecule has 13 heavy (non-hydrogen) atoms. The summed E-state index contributed by atoms with van der Waals surface area (Å²) in [7, 11) is 3.57. The fourth-order valence-corrected chi connectivity index (χ4v) is 1.28. The van der Waals surface area contributed by atoms with Crippen molar-refractivity contribution in [3.63, 3.8) is 0 Å². The van der Waals surface area contributed by atoms with Gasteiger partial charge in [0.15, 0.2) is 0 Å². The summed E-state index contributed by atoms with van der Waals surface area (Å²) < 4.78 is 4.98. The Bertz CT molecular complexity index is 291. The molecule has 4 heteroatoms. The number of rotatable bonds is 3.